The van der Waals surface area contributed by atoms with Gasteiger partial charge in [0, 0.05) is 25.0 Å². The lowest BCUT2D eigenvalue weighted by atomic mass is 9.96. The molecule has 0 radical (unpaired) electrons. The maximum absolute atomic E-state index is 11.9. The van der Waals surface area contributed by atoms with Crippen molar-refractivity contribution < 1.29 is 53.0 Å². The molecule has 2 N–H and O–H groups in total. The van der Waals surface area contributed by atoms with Crippen LogP contribution in [0.3, 0.4) is 0 Å². The molecule has 3 heterocycles. The first-order valence-electron chi connectivity index (χ1n) is 12.3. The summed E-state index contributed by atoms with van der Waals surface area (Å²) in [5.74, 6) is -2.05. The summed E-state index contributed by atoms with van der Waals surface area (Å²) in [5, 5.41) is 24.2. The van der Waals surface area contributed by atoms with Crippen LogP contribution in [-0.4, -0.2) is 103 Å². The monoisotopic (exact) mass is 517 g/mol. The molecule has 2 bridgehead atoms. The summed E-state index contributed by atoms with van der Waals surface area (Å²) in [6, 6.07) is -1.05. The molecule has 0 amide bonds. The van der Waals surface area contributed by atoms with E-state index in [0.29, 0.717) is 12.8 Å². The number of unbranched alkanes of at least 4 members (excludes halogenated alkanes) is 2. The highest BCUT2D eigenvalue weighted by Gasteiger charge is 2.57. The van der Waals surface area contributed by atoms with E-state index in [0.717, 1.165) is 12.8 Å². The molecular formula is C22H35N3O11. The van der Waals surface area contributed by atoms with Crippen LogP contribution in [0.25, 0.3) is 10.4 Å². The van der Waals surface area contributed by atoms with E-state index in [9.17, 15) is 19.8 Å². The number of nitrogens with zero attached hydrogens (tertiary/aromatic N) is 3. The quantitative estimate of drug-likeness (QED) is 0.118. The molecule has 3 aliphatic heterocycles. The van der Waals surface area contributed by atoms with Crippen LogP contribution in [0, 0.1) is 0 Å². The number of carboxylic acids is 1. The predicted molar refractivity (Wildman–Crippen MR) is 120 cm³/mol. The Kier molecular flexibility index (Phi) is 10.7. The Hall–Kier alpha value is -2.03. The van der Waals surface area contributed by atoms with Gasteiger partial charge >= 0.3 is 11.9 Å². The highest BCUT2D eigenvalue weighted by atomic mass is 16.8. The number of aliphatic carboxylic acids is 1. The topological polar surface area (TPSA) is 188 Å². The highest BCUT2D eigenvalue weighted by Crippen LogP contribution is 2.37. The second-order valence-corrected chi connectivity index (χ2v) is 8.88. The molecule has 10 atom stereocenters. The van der Waals surface area contributed by atoms with Crippen molar-refractivity contribution >= 4 is 11.9 Å². The van der Waals surface area contributed by atoms with Crippen LogP contribution >= 0.6 is 0 Å². The van der Waals surface area contributed by atoms with Crippen molar-refractivity contribution in [1.82, 2.24) is 0 Å². The number of esters is 1. The predicted octanol–water partition coefficient (Wildman–Crippen LogP) is 1.28. The molecule has 3 aliphatic rings. The van der Waals surface area contributed by atoms with Crippen LogP contribution in [0.2, 0.25) is 0 Å². The molecule has 14 heteroatoms. The Morgan fingerprint density at radius 1 is 1.06 bits per heavy atom. The second-order valence-electron chi connectivity index (χ2n) is 8.88. The Morgan fingerprint density at radius 2 is 1.72 bits per heavy atom. The normalized spacial score (nSPS) is 37.8. The van der Waals surface area contributed by atoms with Crippen LogP contribution in [0.5, 0.6) is 0 Å². The zero-order valence-electron chi connectivity index (χ0n) is 20.6. The summed E-state index contributed by atoms with van der Waals surface area (Å²) in [6.45, 7) is 5.76. The summed E-state index contributed by atoms with van der Waals surface area (Å²) in [5.41, 5.74) is 9.04. The van der Waals surface area contributed by atoms with Crippen LogP contribution in [0.4, 0.5) is 0 Å². The van der Waals surface area contributed by atoms with E-state index in [-0.39, 0.29) is 19.8 Å². The molecule has 0 aromatic carbocycles. The van der Waals surface area contributed by atoms with Crippen molar-refractivity contribution in [3.05, 3.63) is 10.4 Å². The lowest BCUT2D eigenvalue weighted by Gasteiger charge is -2.46. The fourth-order valence-electron chi connectivity index (χ4n) is 4.41. The first-order valence-corrected chi connectivity index (χ1v) is 12.3. The van der Waals surface area contributed by atoms with Gasteiger partial charge in [0.1, 0.15) is 42.7 Å². The Bertz CT molecular complexity index is 795. The smallest absolute Gasteiger partial charge is 0.335 e. The third kappa shape index (κ3) is 6.64. The van der Waals surface area contributed by atoms with Crippen molar-refractivity contribution in [1.29, 1.82) is 0 Å². The summed E-state index contributed by atoms with van der Waals surface area (Å²) >= 11 is 0. The van der Waals surface area contributed by atoms with Crippen molar-refractivity contribution in [2.24, 2.45) is 5.11 Å². The van der Waals surface area contributed by atoms with Crippen LogP contribution in [0.1, 0.15) is 46.5 Å². The number of fused-ring (bicyclic) bond motifs is 2. The number of ether oxygens (including phenoxy) is 7. The van der Waals surface area contributed by atoms with Crippen molar-refractivity contribution in [3.63, 3.8) is 0 Å². The van der Waals surface area contributed by atoms with Gasteiger partial charge in [0.25, 0.3) is 0 Å². The Balaban J connectivity index is 1.92. The molecule has 0 aliphatic carbocycles. The number of aliphatic hydroxyl groups excluding tert-OH is 1. The van der Waals surface area contributed by atoms with Gasteiger partial charge in [-0.2, -0.15) is 0 Å². The minimum Gasteiger partial charge on any atom is -0.479 e. The van der Waals surface area contributed by atoms with E-state index in [1.54, 1.807) is 0 Å². The number of hydrogen-bond acceptors (Lipinski definition) is 11. The highest BCUT2D eigenvalue weighted by molar-refractivity contribution is 5.73. The van der Waals surface area contributed by atoms with E-state index >= 15 is 0 Å². The van der Waals surface area contributed by atoms with Gasteiger partial charge in [-0.15, -0.1) is 0 Å². The average Bonchev–Trinajstić information content (AvgIpc) is 3.27. The summed E-state index contributed by atoms with van der Waals surface area (Å²) in [7, 11) is 0. The summed E-state index contributed by atoms with van der Waals surface area (Å²) in [4.78, 5) is 26.6. The van der Waals surface area contributed by atoms with Crippen molar-refractivity contribution in [2.75, 3.05) is 19.8 Å². The van der Waals surface area contributed by atoms with E-state index in [1.807, 2.05) is 13.8 Å². The Morgan fingerprint density at radius 3 is 2.31 bits per heavy atom. The molecule has 3 fully saturated rings. The van der Waals surface area contributed by atoms with Gasteiger partial charge in [-0.05, 0) is 18.4 Å². The number of rotatable bonds is 13. The molecule has 3 saturated heterocycles. The SMILES string of the molecule is CCCCOC1C(OCCCC)[C@H](O)[C@H](C(=O)O)O[C@H]1O[C@@H]1C2CO[C@H](O2)C(N=[N+]=[N-])C1OC(C)=O. The van der Waals surface area contributed by atoms with Gasteiger partial charge in [0.2, 0.25) is 0 Å². The molecule has 5 unspecified atom stereocenters. The Labute approximate surface area is 208 Å². The lowest BCUT2D eigenvalue weighted by Crippen LogP contribution is -2.64. The largest absolute Gasteiger partial charge is 0.479 e. The van der Waals surface area contributed by atoms with Gasteiger partial charge in [-0.3, -0.25) is 4.79 Å². The van der Waals surface area contributed by atoms with Gasteiger partial charge in [0.15, 0.2) is 18.7 Å². The zero-order valence-corrected chi connectivity index (χ0v) is 20.6. The summed E-state index contributed by atoms with van der Waals surface area (Å²) in [6.07, 6.45) is -7.34. The summed E-state index contributed by atoms with van der Waals surface area (Å²) < 4.78 is 40.5. The van der Waals surface area contributed by atoms with Crippen LogP contribution < -0.4 is 0 Å². The molecule has 3 rings (SSSR count). The molecular weight excluding hydrogens is 482 g/mol. The number of azide groups is 1. The number of hydrogen-bond donors (Lipinski definition) is 2. The molecule has 204 valence electrons. The second kappa shape index (κ2) is 13.5. The first-order chi connectivity index (χ1) is 17.3. The van der Waals surface area contributed by atoms with E-state index in [2.05, 4.69) is 10.0 Å². The number of carbonyl (C=O) groups is 2. The van der Waals surface area contributed by atoms with Crippen molar-refractivity contribution in [2.45, 2.75) is 108 Å². The van der Waals surface area contributed by atoms with Gasteiger partial charge in [0.05, 0.1) is 6.61 Å². The van der Waals surface area contributed by atoms with Gasteiger partial charge < -0.3 is 43.4 Å². The van der Waals surface area contributed by atoms with E-state index < -0.39 is 73.3 Å². The minimum atomic E-state index is -1.66. The molecule has 0 spiro atoms. The lowest BCUT2D eigenvalue weighted by molar-refractivity contribution is -0.336. The zero-order chi connectivity index (χ0) is 26.2. The van der Waals surface area contributed by atoms with E-state index in [1.165, 1.54) is 6.92 Å². The molecule has 14 nitrogen and oxygen atoms in total. The fourth-order valence-corrected chi connectivity index (χ4v) is 4.41. The molecule has 0 aromatic heterocycles. The van der Waals surface area contributed by atoms with Gasteiger partial charge in [-0.1, -0.05) is 31.8 Å². The minimum absolute atomic E-state index is 0.0556. The molecule has 36 heavy (non-hydrogen) atoms. The third-order valence-corrected chi connectivity index (χ3v) is 6.20. The van der Waals surface area contributed by atoms with Crippen LogP contribution in [-0.2, 0) is 42.7 Å². The third-order valence-electron chi connectivity index (χ3n) is 6.20. The first kappa shape index (κ1) is 28.5. The standard InChI is InChI=1S/C22H35N3O11/c1-4-6-8-30-17-14(27)18(20(28)29)36-22(19(17)31-9-7-5-2)35-15-12-10-32-21(34-12)13(24-25-23)16(15)33-11(3)26/h12-19,21-22,27H,4-10H2,1-3H3,(H,28,29)/t12?,13?,14-,15+,16?,17?,18+,19?,21+,22+/m0/s1. The fraction of sp³-hybridized carbons (Fsp3) is 0.909. The number of aliphatic hydroxyl groups is 1. The molecule has 0 saturated carbocycles. The van der Waals surface area contributed by atoms with Gasteiger partial charge in [-0.25, -0.2) is 4.79 Å². The maximum Gasteiger partial charge on any atom is 0.335 e. The maximum atomic E-state index is 11.9. The van der Waals surface area contributed by atoms with Crippen molar-refractivity contribution in [3.8, 4) is 0 Å². The van der Waals surface area contributed by atoms with E-state index in [4.69, 9.17) is 38.7 Å². The molecule has 0 aromatic rings. The van der Waals surface area contributed by atoms with Crippen LogP contribution in [0.15, 0.2) is 5.11 Å². The number of carbonyl (C=O) groups excluding carboxylic acids is 1. The average molecular weight is 518 g/mol. The number of carboxylic acid groups (broad SMARTS) is 1.